The Morgan fingerprint density at radius 2 is 1.79 bits per heavy atom. The Balaban J connectivity index is 1.46. The summed E-state index contributed by atoms with van der Waals surface area (Å²) >= 11 is 1.06. The van der Waals surface area contributed by atoms with Gasteiger partial charge in [-0.1, -0.05) is 17.5 Å². The Labute approximate surface area is 164 Å². The van der Waals surface area contributed by atoms with Crippen LogP contribution in [-0.2, 0) is 6.42 Å². The summed E-state index contributed by atoms with van der Waals surface area (Å²) < 4.78 is 14.4. The van der Waals surface area contributed by atoms with Crippen molar-refractivity contribution in [2.45, 2.75) is 13.3 Å². The molecular weight excluding hydrogens is 380 g/mol. The highest BCUT2D eigenvalue weighted by molar-refractivity contribution is 7.08. The summed E-state index contributed by atoms with van der Waals surface area (Å²) in [6.45, 7) is 2.07. The van der Waals surface area contributed by atoms with E-state index in [1.54, 1.807) is 42.5 Å². The van der Waals surface area contributed by atoms with Crippen LogP contribution < -0.4 is 20.1 Å². The molecule has 0 spiro atoms. The lowest BCUT2D eigenvalue weighted by Gasteiger charge is -2.09. The Bertz CT molecular complexity index is 1050. The van der Waals surface area contributed by atoms with E-state index in [2.05, 4.69) is 20.2 Å². The molecule has 142 valence electrons. The fraction of sp³-hybridized carbons (Fsp3) is 0.158. The van der Waals surface area contributed by atoms with E-state index in [4.69, 9.17) is 9.47 Å². The number of hydrogen-bond acceptors (Lipinski definition) is 7. The Morgan fingerprint density at radius 1 is 1.04 bits per heavy atom. The van der Waals surface area contributed by atoms with E-state index in [1.807, 2.05) is 6.92 Å². The van der Waals surface area contributed by atoms with Crippen LogP contribution in [0, 0.1) is 0 Å². The van der Waals surface area contributed by atoms with E-state index < -0.39 is 0 Å². The van der Waals surface area contributed by atoms with Crippen LogP contribution in [0.2, 0.25) is 0 Å². The average Bonchev–Trinajstić information content (AvgIpc) is 3.36. The summed E-state index contributed by atoms with van der Waals surface area (Å²) in [5.74, 6) is 0.594. The maximum Gasteiger partial charge on any atom is 0.269 e. The van der Waals surface area contributed by atoms with Crippen molar-refractivity contribution in [1.82, 2.24) is 9.59 Å². The fourth-order valence-electron chi connectivity index (χ4n) is 2.72. The molecule has 0 bridgehead atoms. The van der Waals surface area contributed by atoms with Crippen LogP contribution in [0.25, 0.3) is 0 Å². The number of nitrogens with zero attached hydrogens (tertiary/aromatic N) is 2. The molecule has 2 aromatic carbocycles. The number of fused-ring (bicyclic) bond motifs is 1. The normalized spacial score (nSPS) is 11.9. The Kier molecular flexibility index (Phi) is 4.90. The summed E-state index contributed by atoms with van der Waals surface area (Å²) in [6.07, 6.45) is 0.630. The quantitative estimate of drug-likeness (QED) is 0.686. The molecule has 0 radical (unpaired) electrons. The predicted molar refractivity (Wildman–Crippen MR) is 104 cm³/mol. The van der Waals surface area contributed by atoms with Crippen LogP contribution in [0.3, 0.4) is 0 Å². The molecule has 0 atom stereocenters. The number of nitrogens with one attached hydrogen (secondary N) is 2. The number of carbonyl (C=O) groups excluding carboxylic acids is 2. The molecule has 4 rings (SSSR count). The minimum absolute atomic E-state index is 0.150. The smallest absolute Gasteiger partial charge is 0.269 e. The molecular formula is C19H16N4O4S. The first kappa shape index (κ1) is 17.9. The number of rotatable bonds is 5. The number of anilines is 2. The molecule has 3 aromatic rings. The van der Waals surface area contributed by atoms with Gasteiger partial charge in [-0.3, -0.25) is 9.59 Å². The molecule has 2 heterocycles. The second kappa shape index (κ2) is 7.65. The predicted octanol–water partition coefficient (Wildman–Crippen LogP) is 3.33. The zero-order valence-electron chi connectivity index (χ0n) is 14.9. The highest BCUT2D eigenvalue weighted by Crippen LogP contribution is 2.32. The molecule has 0 unspecified atom stereocenters. The summed E-state index contributed by atoms with van der Waals surface area (Å²) in [5.41, 5.74) is 2.22. The minimum atomic E-state index is -0.290. The Hall–Kier alpha value is -3.46. The summed E-state index contributed by atoms with van der Waals surface area (Å²) in [4.78, 5) is 25.4. The van der Waals surface area contributed by atoms with Gasteiger partial charge in [0.25, 0.3) is 11.8 Å². The van der Waals surface area contributed by atoms with E-state index >= 15 is 0 Å². The number of aromatic nitrogens is 2. The van der Waals surface area contributed by atoms with Crippen molar-refractivity contribution in [3.05, 3.63) is 58.6 Å². The van der Waals surface area contributed by atoms with Crippen molar-refractivity contribution in [2.24, 2.45) is 0 Å². The van der Waals surface area contributed by atoms with Gasteiger partial charge < -0.3 is 20.1 Å². The zero-order chi connectivity index (χ0) is 19.5. The second-order valence-electron chi connectivity index (χ2n) is 5.96. The number of hydrogen-bond donors (Lipinski definition) is 2. The summed E-state index contributed by atoms with van der Waals surface area (Å²) in [7, 11) is 0. The van der Waals surface area contributed by atoms with Gasteiger partial charge in [0.15, 0.2) is 11.5 Å². The van der Waals surface area contributed by atoms with Gasteiger partial charge in [-0.05, 0) is 54.4 Å². The lowest BCUT2D eigenvalue weighted by atomic mass is 10.2. The van der Waals surface area contributed by atoms with Gasteiger partial charge in [0.05, 0.1) is 5.69 Å². The maximum absolute atomic E-state index is 12.5. The molecule has 1 aromatic heterocycles. The van der Waals surface area contributed by atoms with E-state index in [9.17, 15) is 9.59 Å². The van der Waals surface area contributed by atoms with Crippen molar-refractivity contribution < 1.29 is 19.1 Å². The van der Waals surface area contributed by atoms with Crippen LogP contribution in [0.15, 0.2) is 42.5 Å². The lowest BCUT2D eigenvalue weighted by Crippen LogP contribution is -2.14. The van der Waals surface area contributed by atoms with Crippen LogP contribution >= 0.6 is 11.5 Å². The molecule has 1 aliphatic rings. The van der Waals surface area contributed by atoms with Gasteiger partial charge in [0.2, 0.25) is 6.79 Å². The molecule has 28 heavy (non-hydrogen) atoms. The highest BCUT2D eigenvalue weighted by Gasteiger charge is 2.17. The van der Waals surface area contributed by atoms with E-state index in [0.29, 0.717) is 45.4 Å². The molecule has 2 amide bonds. The first-order chi connectivity index (χ1) is 13.6. The number of ether oxygens (including phenoxy) is 2. The molecule has 2 N–H and O–H groups in total. The van der Waals surface area contributed by atoms with Crippen molar-refractivity contribution in [1.29, 1.82) is 0 Å². The third-order valence-electron chi connectivity index (χ3n) is 4.11. The summed E-state index contributed by atoms with van der Waals surface area (Å²) in [6, 6.07) is 11.9. The second-order valence-corrected chi connectivity index (χ2v) is 6.71. The molecule has 1 aliphatic heterocycles. The fourth-order valence-corrected chi connectivity index (χ4v) is 3.36. The molecule has 0 aliphatic carbocycles. The van der Waals surface area contributed by atoms with Crippen molar-refractivity contribution in [3.8, 4) is 11.5 Å². The molecule has 0 saturated carbocycles. The molecule has 0 saturated heterocycles. The van der Waals surface area contributed by atoms with Gasteiger partial charge in [-0.2, -0.15) is 0 Å². The molecule has 8 nitrogen and oxygen atoms in total. The Morgan fingerprint density at radius 3 is 2.57 bits per heavy atom. The topological polar surface area (TPSA) is 102 Å². The monoisotopic (exact) mass is 396 g/mol. The average molecular weight is 396 g/mol. The van der Waals surface area contributed by atoms with E-state index in [1.165, 1.54) is 0 Å². The van der Waals surface area contributed by atoms with Gasteiger partial charge in [-0.25, -0.2) is 0 Å². The molecule has 9 heteroatoms. The van der Waals surface area contributed by atoms with Crippen molar-refractivity contribution in [3.63, 3.8) is 0 Å². The van der Waals surface area contributed by atoms with Gasteiger partial charge in [0.1, 0.15) is 4.88 Å². The third kappa shape index (κ3) is 3.65. The largest absolute Gasteiger partial charge is 0.454 e. The third-order valence-corrected chi connectivity index (χ3v) is 4.88. The van der Waals surface area contributed by atoms with Gasteiger partial charge in [-0.15, -0.1) is 5.10 Å². The zero-order valence-corrected chi connectivity index (χ0v) is 15.7. The van der Waals surface area contributed by atoms with Crippen LogP contribution in [0.4, 0.5) is 11.4 Å². The summed E-state index contributed by atoms with van der Waals surface area (Å²) in [5, 5.41) is 9.57. The first-order valence-electron chi connectivity index (χ1n) is 8.57. The lowest BCUT2D eigenvalue weighted by molar-refractivity contribution is 0.102. The van der Waals surface area contributed by atoms with Crippen molar-refractivity contribution >= 4 is 34.7 Å². The minimum Gasteiger partial charge on any atom is -0.454 e. The highest BCUT2D eigenvalue weighted by atomic mass is 32.1. The number of amides is 2. The van der Waals surface area contributed by atoms with E-state index in [0.717, 1.165) is 11.5 Å². The van der Waals surface area contributed by atoms with Crippen LogP contribution in [-0.4, -0.2) is 28.2 Å². The SMILES string of the molecule is CCc1nnsc1C(=O)Nc1cccc(NC(=O)c2ccc3c(c2)OCO3)c1. The van der Waals surface area contributed by atoms with Crippen LogP contribution in [0.1, 0.15) is 32.6 Å². The number of benzene rings is 2. The van der Waals surface area contributed by atoms with Crippen LogP contribution in [0.5, 0.6) is 11.5 Å². The van der Waals surface area contributed by atoms with E-state index in [-0.39, 0.29) is 18.6 Å². The first-order valence-corrected chi connectivity index (χ1v) is 9.35. The maximum atomic E-state index is 12.5. The molecule has 0 fully saturated rings. The number of carbonyl (C=O) groups is 2. The number of aryl methyl sites for hydroxylation is 1. The van der Waals surface area contributed by atoms with Crippen molar-refractivity contribution in [2.75, 3.05) is 17.4 Å². The van der Waals surface area contributed by atoms with Gasteiger partial charge in [0, 0.05) is 16.9 Å². The van der Waals surface area contributed by atoms with Gasteiger partial charge >= 0.3 is 0 Å². The standard InChI is InChI=1S/C19H16N4O4S/c1-2-14-17(28-23-22-14)19(25)21-13-5-3-4-12(9-13)20-18(24)11-6-7-15-16(8-11)27-10-26-15/h3-9H,2,10H2,1H3,(H,20,24)(H,21,25).